The Bertz CT molecular complexity index is 877. The number of rotatable bonds is 9. The summed E-state index contributed by atoms with van der Waals surface area (Å²) in [4.78, 5) is 42.1. The van der Waals surface area contributed by atoms with Gasteiger partial charge in [-0.3, -0.25) is 14.5 Å². The fraction of sp³-hybridized carbons (Fsp3) is 0.400. The van der Waals surface area contributed by atoms with Gasteiger partial charge in [0, 0.05) is 32.0 Å². The van der Waals surface area contributed by atoms with Crippen molar-refractivity contribution < 1.29 is 19.1 Å². The minimum Gasteiger partial charge on any atom is -0.497 e. The van der Waals surface area contributed by atoms with E-state index >= 15 is 0 Å². The predicted octanol–water partition coefficient (Wildman–Crippen LogP) is 0.870. The standard InChI is InChI=1S/C20H25N5O4/c1-14-21-8-11-24(14)12-9-22-18(26)13-17-19(27)25(20(28)23-17)10-7-15-3-5-16(29-2)6-4-15/h3-6,8,11,17H,7,9-10,12-13H2,1-2H3,(H,22,26)(H,23,28)/t17-/m0/s1. The summed E-state index contributed by atoms with van der Waals surface area (Å²) in [6, 6.07) is 6.16. The van der Waals surface area contributed by atoms with Crippen LogP contribution in [-0.2, 0) is 22.6 Å². The van der Waals surface area contributed by atoms with Crippen LogP contribution in [0.15, 0.2) is 36.7 Å². The van der Waals surface area contributed by atoms with Crippen LogP contribution in [0.4, 0.5) is 4.79 Å². The third kappa shape index (κ3) is 5.13. The van der Waals surface area contributed by atoms with E-state index in [0.29, 0.717) is 19.5 Å². The maximum absolute atomic E-state index is 12.5. The van der Waals surface area contributed by atoms with Gasteiger partial charge in [0.05, 0.1) is 13.5 Å². The van der Waals surface area contributed by atoms with Gasteiger partial charge in [0.1, 0.15) is 17.6 Å². The Morgan fingerprint density at radius 1 is 1.24 bits per heavy atom. The second-order valence-electron chi connectivity index (χ2n) is 6.81. The summed E-state index contributed by atoms with van der Waals surface area (Å²) >= 11 is 0. The van der Waals surface area contributed by atoms with Crippen molar-refractivity contribution in [1.29, 1.82) is 0 Å². The van der Waals surface area contributed by atoms with Crippen molar-refractivity contribution in [2.75, 3.05) is 20.2 Å². The maximum Gasteiger partial charge on any atom is 0.324 e. The van der Waals surface area contributed by atoms with E-state index in [0.717, 1.165) is 22.0 Å². The lowest BCUT2D eigenvalue weighted by Gasteiger charge is -2.13. The van der Waals surface area contributed by atoms with Crippen LogP contribution < -0.4 is 15.4 Å². The largest absolute Gasteiger partial charge is 0.497 e. The highest BCUT2D eigenvalue weighted by Crippen LogP contribution is 2.14. The van der Waals surface area contributed by atoms with Gasteiger partial charge in [-0.15, -0.1) is 0 Å². The van der Waals surface area contributed by atoms with Gasteiger partial charge in [-0.25, -0.2) is 9.78 Å². The van der Waals surface area contributed by atoms with Gasteiger partial charge in [0.2, 0.25) is 5.91 Å². The van der Waals surface area contributed by atoms with Gasteiger partial charge in [-0.2, -0.15) is 0 Å². The molecule has 1 saturated heterocycles. The molecule has 2 N–H and O–H groups in total. The first-order valence-corrected chi connectivity index (χ1v) is 9.47. The summed E-state index contributed by atoms with van der Waals surface area (Å²) in [6.07, 6.45) is 3.99. The Morgan fingerprint density at radius 2 is 2.00 bits per heavy atom. The number of methoxy groups -OCH3 is 1. The first kappa shape index (κ1) is 20.4. The zero-order valence-electron chi connectivity index (χ0n) is 16.6. The lowest BCUT2D eigenvalue weighted by Crippen LogP contribution is -2.37. The fourth-order valence-electron chi connectivity index (χ4n) is 3.17. The van der Waals surface area contributed by atoms with Crippen molar-refractivity contribution in [3.8, 4) is 5.75 Å². The zero-order valence-corrected chi connectivity index (χ0v) is 16.6. The molecule has 0 saturated carbocycles. The number of benzene rings is 1. The maximum atomic E-state index is 12.5. The summed E-state index contributed by atoms with van der Waals surface area (Å²) in [5.41, 5.74) is 0.988. The highest BCUT2D eigenvalue weighted by Gasteiger charge is 2.38. The monoisotopic (exact) mass is 399 g/mol. The molecule has 9 heteroatoms. The van der Waals surface area contributed by atoms with Crippen molar-refractivity contribution in [3.05, 3.63) is 48.0 Å². The summed E-state index contributed by atoms with van der Waals surface area (Å²) in [5, 5.41) is 5.37. The van der Waals surface area contributed by atoms with Gasteiger partial charge in [0.15, 0.2) is 0 Å². The molecule has 154 valence electrons. The number of nitrogens with one attached hydrogen (secondary N) is 2. The summed E-state index contributed by atoms with van der Waals surface area (Å²) in [7, 11) is 1.59. The number of amides is 4. The lowest BCUT2D eigenvalue weighted by molar-refractivity contribution is -0.130. The second kappa shape index (κ2) is 9.22. The average molecular weight is 399 g/mol. The number of ether oxygens (including phenoxy) is 1. The van der Waals surface area contributed by atoms with Crippen LogP contribution in [0.1, 0.15) is 17.8 Å². The molecule has 0 unspecified atom stereocenters. The number of hydrogen-bond donors (Lipinski definition) is 2. The van der Waals surface area contributed by atoms with Crippen molar-refractivity contribution in [2.24, 2.45) is 0 Å². The van der Waals surface area contributed by atoms with Gasteiger partial charge in [0.25, 0.3) is 5.91 Å². The molecular weight excluding hydrogens is 374 g/mol. The average Bonchev–Trinajstić information content (AvgIpc) is 3.23. The summed E-state index contributed by atoms with van der Waals surface area (Å²) < 4.78 is 7.04. The highest BCUT2D eigenvalue weighted by atomic mass is 16.5. The van der Waals surface area contributed by atoms with Crippen LogP contribution in [0.25, 0.3) is 0 Å². The van der Waals surface area contributed by atoms with E-state index in [1.165, 1.54) is 0 Å². The second-order valence-corrected chi connectivity index (χ2v) is 6.81. The number of nitrogens with zero attached hydrogens (tertiary/aromatic N) is 3. The Hall–Kier alpha value is -3.36. The molecule has 0 radical (unpaired) electrons. The van der Waals surface area contributed by atoms with Crippen LogP contribution >= 0.6 is 0 Å². The van der Waals surface area contributed by atoms with E-state index in [4.69, 9.17) is 4.74 Å². The topological polar surface area (TPSA) is 106 Å². The molecule has 4 amide bonds. The third-order valence-electron chi connectivity index (χ3n) is 4.88. The molecular formula is C20H25N5O4. The van der Waals surface area contributed by atoms with Crippen LogP contribution in [0.5, 0.6) is 5.75 Å². The molecule has 1 aliphatic rings. The van der Waals surface area contributed by atoms with Crippen LogP contribution in [0.3, 0.4) is 0 Å². The Morgan fingerprint density at radius 3 is 2.66 bits per heavy atom. The molecule has 2 aromatic rings. The molecule has 1 fully saturated rings. The van der Waals surface area contributed by atoms with E-state index in [-0.39, 0.29) is 24.8 Å². The molecule has 0 spiro atoms. The SMILES string of the molecule is COc1ccc(CCN2C(=O)N[C@@H](CC(=O)NCCn3ccnc3C)C2=O)cc1. The molecule has 1 aromatic carbocycles. The smallest absolute Gasteiger partial charge is 0.324 e. The minimum absolute atomic E-state index is 0.0769. The van der Waals surface area contributed by atoms with Gasteiger partial charge in [-0.1, -0.05) is 12.1 Å². The summed E-state index contributed by atoms with van der Waals surface area (Å²) in [5.74, 6) is 0.963. The van der Waals surface area contributed by atoms with E-state index < -0.39 is 12.1 Å². The first-order chi connectivity index (χ1) is 14.0. The molecule has 29 heavy (non-hydrogen) atoms. The number of urea groups is 1. The number of carbonyl (C=O) groups is 3. The van der Waals surface area contributed by atoms with Crippen LogP contribution in [0.2, 0.25) is 0 Å². The molecule has 1 atom stereocenters. The number of aromatic nitrogens is 2. The van der Waals surface area contributed by atoms with E-state index in [1.54, 1.807) is 13.3 Å². The molecule has 0 bridgehead atoms. The Kier molecular flexibility index (Phi) is 6.48. The van der Waals surface area contributed by atoms with E-state index in [2.05, 4.69) is 15.6 Å². The van der Waals surface area contributed by atoms with Gasteiger partial charge in [-0.05, 0) is 31.0 Å². The number of imidazole rings is 1. The normalized spacial score (nSPS) is 16.1. The van der Waals surface area contributed by atoms with Crippen molar-refractivity contribution in [3.63, 3.8) is 0 Å². The predicted molar refractivity (Wildman–Crippen MR) is 105 cm³/mol. The molecule has 3 rings (SSSR count). The number of hydrogen-bond acceptors (Lipinski definition) is 5. The third-order valence-corrected chi connectivity index (χ3v) is 4.88. The Labute approximate surface area is 169 Å². The van der Waals surface area contributed by atoms with E-state index in [1.807, 2.05) is 42.0 Å². The molecule has 1 aliphatic heterocycles. The number of carbonyl (C=O) groups excluding carboxylic acids is 3. The lowest BCUT2D eigenvalue weighted by atomic mass is 10.1. The molecule has 1 aromatic heterocycles. The minimum atomic E-state index is -0.826. The van der Waals surface area contributed by atoms with Gasteiger partial charge >= 0.3 is 6.03 Å². The van der Waals surface area contributed by atoms with Crippen LogP contribution in [-0.4, -0.2) is 58.5 Å². The quantitative estimate of drug-likeness (QED) is 0.609. The molecule has 2 heterocycles. The van der Waals surface area contributed by atoms with Crippen molar-refractivity contribution >= 4 is 17.8 Å². The number of aryl methyl sites for hydroxylation is 1. The van der Waals surface area contributed by atoms with Gasteiger partial charge < -0.3 is 19.9 Å². The number of imide groups is 1. The zero-order chi connectivity index (χ0) is 20.8. The first-order valence-electron chi connectivity index (χ1n) is 9.47. The Balaban J connectivity index is 1.45. The van der Waals surface area contributed by atoms with Crippen molar-refractivity contribution in [2.45, 2.75) is 32.4 Å². The van der Waals surface area contributed by atoms with Crippen LogP contribution in [0, 0.1) is 6.92 Å². The molecule has 9 nitrogen and oxygen atoms in total. The fourth-order valence-corrected chi connectivity index (χ4v) is 3.17. The highest BCUT2D eigenvalue weighted by molar-refractivity contribution is 6.05. The van der Waals surface area contributed by atoms with Crippen molar-refractivity contribution in [1.82, 2.24) is 25.1 Å². The summed E-state index contributed by atoms with van der Waals surface area (Å²) in [6.45, 7) is 3.16. The molecule has 0 aliphatic carbocycles. The van der Waals surface area contributed by atoms with E-state index in [9.17, 15) is 14.4 Å².